The van der Waals surface area contributed by atoms with Gasteiger partial charge < -0.3 is 16.0 Å². The number of carbonyl (C=O) groups is 2. The molecule has 0 radical (unpaired) electrons. The zero-order chi connectivity index (χ0) is 17.6. The number of hydrogen-bond acceptors (Lipinski definition) is 3. The summed E-state index contributed by atoms with van der Waals surface area (Å²) in [4.78, 5) is 25.6. The van der Waals surface area contributed by atoms with E-state index in [0.717, 1.165) is 35.5 Å². The predicted molar refractivity (Wildman–Crippen MR) is 106 cm³/mol. The summed E-state index contributed by atoms with van der Waals surface area (Å²) < 4.78 is 0. The lowest BCUT2D eigenvalue weighted by atomic mass is 10.1. The molecule has 0 unspecified atom stereocenters. The minimum absolute atomic E-state index is 0. The zero-order valence-electron chi connectivity index (χ0n) is 14.6. The molecule has 0 aliphatic carbocycles. The summed E-state index contributed by atoms with van der Waals surface area (Å²) in [5.74, 6) is 0.184. The van der Waals surface area contributed by atoms with Crippen LogP contribution in [0.3, 0.4) is 0 Å². The Hall–Kier alpha value is -2.53. The van der Waals surface area contributed by atoms with Crippen LogP contribution in [0.5, 0.6) is 0 Å². The van der Waals surface area contributed by atoms with Crippen LogP contribution in [0, 0.1) is 0 Å². The number of anilines is 2. The Morgan fingerprint density at radius 1 is 1.12 bits per heavy atom. The summed E-state index contributed by atoms with van der Waals surface area (Å²) in [7, 11) is 0. The van der Waals surface area contributed by atoms with Crippen molar-refractivity contribution in [3.8, 4) is 0 Å². The summed E-state index contributed by atoms with van der Waals surface area (Å²) in [6.45, 7) is 1.27. The number of benzene rings is 2. The lowest BCUT2D eigenvalue weighted by molar-refractivity contribution is -0.121. The van der Waals surface area contributed by atoms with E-state index in [1.54, 1.807) is 0 Å². The summed E-state index contributed by atoms with van der Waals surface area (Å²) in [6.07, 6.45) is 2.59. The highest BCUT2D eigenvalue weighted by Gasteiger charge is 2.21. The molecule has 0 spiro atoms. The molecule has 1 heterocycles. The second-order valence-corrected chi connectivity index (χ2v) is 6.29. The van der Waals surface area contributed by atoms with E-state index in [4.69, 9.17) is 5.73 Å². The number of para-hydroxylation sites is 1. The van der Waals surface area contributed by atoms with Crippen molar-refractivity contribution in [2.24, 2.45) is 0 Å². The quantitative estimate of drug-likeness (QED) is 0.764. The minimum Gasteiger partial charge on any atom is -0.399 e. The number of aryl methyl sites for hydroxylation is 1. The van der Waals surface area contributed by atoms with Crippen molar-refractivity contribution < 1.29 is 9.59 Å². The molecule has 1 saturated heterocycles. The number of nitrogens with zero attached hydrogens (tertiary/aromatic N) is 1. The van der Waals surface area contributed by atoms with E-state index in [9.17, 15) is 9.59 Å². The fraction of sp³-hybridized carbons (Fsp3) is 0.300. The second-order valence-electron chi connectivity index (χ2n) is 6.29. The Balaban J connectivity index is 0.00000243. The van der Waals surface area contributed by atoms with E-state index in [2.05, 4.69) is 5.32 Å². The number of nitrogens with one attached hydrogen (secondary N) is 1. The molecule has 0 aromatic heterocycles. The van der Waals surface area contributed by atoms with E-state index in [1.165, 1.54) is 0 Å². The minimum atomic E-state index is 0. The smallest absolute Gasteiger partial charge is 0.227 e. The first kappa shape index (κ1) is 19.8. The van der Waals surface area contributed by atoms with E-state index in [0.29, 0.717) is 25.8 Å². The molecule has 138 valence electrons. The average molecular weight is 374 g/mol. The fourth-order valence-corrected chi connectivity index (χ4v) is 3.01. The third-order valence-corrected chi connectivity index (χ3v) is 4.49. The zero-order valence-corrected chi connectivity index (χ0v) is 15.4. The van der Waals surface area contributed by atoms with E-state index >= 15 is 0 Å². The molecule has 0 bridgehead atoms. The molecule has 0 saturated carbocycles. The number of carbonyl (C=O) groups excluding carboxylic acids is 2. The van der Waals surface area contributed by atoms with Crippen LogP contribution in [-0.2, 0) is 22.6 Å². The van der Waals surface area contributed by atoms with Crippen molar-refractivity contribution >= 4 is 35.6 Å². The van der Waals surface area contributed by atoms with Gasteiger partial charge in [0.05, 0.1) is 0 Å². The topological polar surface area (TPSA) is 75.4 Å². The van der Waals surface area contributed by atoms with Crippen LogP contribution in [0.4, 0.5) is 11.4 Å². The van der Waals surface area contributed by atoms with Crippen molar-refractivity contribution in [3.05, 3.63) is 59.7 Å². The third kappa shape index (κ3) is 4.99. The summed E-state index contributed by atoms with van der Waals surface area (Å²) in [5, 5.41) is 2.93. The number of nitrogens with two attached hydrogens (primary N) is 1. The van der Waals surface area contributed by atoms with Crippen LogP contribution >= 0.6 is 12.4 Å². The number of nitrogen functional groups attached to an aromatic ring is 1. The first-order valence-electron chi connectivity index (χ1n) is 8.63. The molecule has 1 aliphatic rings. The summed E-state index contributed by atoms with van der Waals surface area (Å²) in [6, 6.07) is 15.4. The maximum absolute atomic E-state index is 12.0. The number of hydrogen-bond donors (Lipinski definition) is 2. The van der Waals surface area contributed by atoms with Gasteiger partial charge in [0, 0.05) is 37.3 Å². The number of halogens is 1. The average Bonchev–Trinajstić information content (AvgIpc) is 3.06. The van der Waals surface area contributed by atoms with Gasteiger partial charge in [0.2, 0.25) is 11.8 Å². The van der Waals surface area contributed by atoms with Gasteiger partial charge in [0.1, 0.15) is 0 Å². The Morgan fingerprint density at radius 2 is 1.85 bits per heavy atom. The third-order valence-electron chi connectivity index (χ3n) is 4.49. The van der Waals surface area contributed by atoms with Crippen LogP contribution in [0.2, 0.25) is 0 Å². The molecule has 3 rings (SSSR count). The van der Waals surface area contributed by atoms with Gasteiger partial charge >= 0.3 is 0 Å². The highest BCUT2D eigenvalue weighted by Crippen LogP contribution is 2.21. The number of amides is 2. The van der Waals surface area contributed by atoms with Crippen LogP contribution in [-0.4, -0.2) is 18.4 Å². The molecule has 2 amide bonds. The highest BCUT2D eigenvalue weighted by molar-refractivity contribution is 5.95. The van der Waals surface area contributed by atoms with E-state index in [1.807, 2.05) is 53.4 Å². The normalized spacial score (nSPS) is 13.4. The molecule has 1 fully saturated rings. The van der Waals surface area contributed by atoms with E-state index in [-0.39, 0.29) is 24.2 Å². The van der Waals surface area contributed by atoms with Gasteiger partial charge in [-0.2, -0.15) is 0 Å². The predicted octanol–water partition coefficient (Wildman–Crippen LogP) is 3.07. The highest BCUT2D eigenvalue weighted by atomic mass is 35.5. The summed E-state index contributed by atoms with van der Waals surface area (Å²) >= 11 is 0. The van der Waals surface area contributed by atoms with Crippen molar-refractivity contribution in [1.29, 1.82) is 0 Å². The summed E-state index contributed by atoms with van der Waals surface area (Å²) in [5.41, 5.74) is 9.55. The van der Waals surface area contributed by atoms with Crippen LogP contribution in [0.1, 0.15) is 30.4 Å². The van der Waals surface area contributed by atoms with Gasteiger partial charge in [-0.15, -0.1) is 12.4 Å². The van der Waals surface area contributed by atoms with Crippen molar-refractivity contribution in [1.82, 2.24) is 5.32 Å². The lowest BCUT2D eigenvalue weighted by Gasteiger charge is -2.16. The van der Waals surface area contributed by atoms with Gasteiger partial charge in [-0.3, -0.25) is 9.59 Å². The standard InChI is InChI=1S/C20H23N3O2.ClH/c21-18-5-2-1-4-16(18)9-12-19(24)22-14-15-7-10-17(11-8-15)23-13-3-6-20(23)25;/h1-2,4-5,7-8,10-11H,3,6,9,12-14,21H2,(H,22,24);1H. The van der Waals surface area contributed by atoms with Gasteiger partial charge in [-0.25, -0.2) is 0 Å². The van der Waals surface area contributed by atoms with Crippen LogP contribution in [0.25, 0.3) is 0 Å². The van der Waals surface area contributed by atoms with Gasteiger partial charge in [0.25, 0.3) is 0 Å². The molecular weight excluding hydrogens is 350 g/mol. The Kier molecular flexibility index (Phi) is 7.04. The monoisotopic (exact) mass is 373 g/mol. The number of rotatable bonds is 6. The largest absolute Gasteiger partial charge is 0.399 e. The molecule has 6 heteroatoms. The molecule has 3 N–H and O–H groups in total. The maximum atomic E-state index is 12.0. The van der Waals surface area contributed by atoms with Crippen molar-refractivity contribution in [2.75, 3.05) is 17.2 Å². The Morgan fingerprint density at radius 3 is 2.50 bits per heavy atom. The maximum Gasteiger partial charge on any atom is 0.227 e. The molecular formula is C20H24ClN3O2. The SMILES string of the molecule is Cl.Nc1ccccc1CCC(=O)NCc1ccc(N2CCCC2=O)cc1. The van der Waals surface area contributed by atoms with Gasteiger partial charge in [0.15, 0.2) is 0 Å². The molecule has 2 aromatic rings. The molecule has 5 nitrogen and oxygen atoms in total. The Bertz CT molecular complexity index is 762. The van der Waals surface area contributed by atoms with Gasteiger partial charge in [-0.05, 0) is 42.2 Å². The molecule has 26 heavy (non-hydrogen) atoms. The second kappa shape index (κ2) is 9.25. The Labute approximate surface area is 160 Å². The molecule has 0 atom stereocenters. The first-order chi connectivity index (χ1) is 12.1. The molecule has 2 aromatic carbocycles. The van der Waals surface area contributed by atoms with E-state index < -0.39 is 0 Å². The van der Waals surface area contributed by atoms with Crippen molar-refractivity contribution in [2.45, 2.75) is 32.2 Å². The first-order valence-corrected chi connectivity index (χ1v) is 8.63. The van der Waals surface area contributed by atoms with Crippen molar-refractivity contribution in [3.63, 3.8) is 0 Å². The van der Waals surface area contributed by atoms with Crippen LogP contribution < -0.4 is 16.0 Å². The van der Waals surface area contributed by atoms with Crippen LogP contribution in [0.15, 0.2) is 48.5 Å². The van der Waals surface area contributed by atoms with Gasteiger partial charge in [-0.1, -0.05) is 30.3 Å². The molecule has 1 aliphatic heterocycles. The fourth-order valence-electron chi connectivity index (χ4n) is 3.01. The lowest BCUT2D eigenvalue weighted by Crippen LogP contribution is -2.24.